The van der Waals surface area contributed by atoms with Gasteiger partial charge in [0, 0.05) is 31.2 Å². The van der Waals surface area contributed by atoms with Crippen LogP contribution in [-0.2, 0) is 0 Å². The first-order chi connectivity index (χ1) is 12.6. The molecule has 2 fully saturated rings. The summed E-state index contributed by atoms with van der Waals surface area (Å²) in [7, 11) is 0. The van der Waals surface area contributed by atoms with Crippen LogP contribution in [0.5, 0.6) is 0 Å². The number of likely N-dealkylation sites (tertiary alicyclic amines) is 1. The van der Waals surface area contributed by atoms with Crippen LogP contribution in [-0.4, -0.2) is 37.3 Å². The van der Waals surface area contributed by atoms with E-state index in [0.717, 1.165) is 37.5 Å². The van der Waals surface area contributed by atoms with E-state index in [1.165, 1.54) is 18.4 Å². The molecule has 4 nitrogen and oxygen atoms in total. The predicted octanol–water partition coefficient (Wildman–Crippen LogP) is 4.09. The third-order valence-electron chi connectivity index (χ3n) is 5.73. The molecule has 0 radical (unpaired) electrons. The summed E-state index contributed by atoms with van der Waals surface area (Å²) in [4.78, 5) is 6.72. The van der Waals surface area contributed by atoms with Gasteiger partial charge in [0.05, 0.1) is 11.3 Å². The summed E-state index contributed by atoms with van der Waals surface area (Å²) in [5, 5.41) is 9.40. The Hall–Kier alpha value is -1.96. The van der Waals surface area contributed by atoms with Gasteiger partial charge in [0.15, 0.2) is 0 Å². The number of hydrogen-bond donors (Lipinski definition) is 1. The van der Waals surface area contributed by atoms with E-state index >= 15 is 0 Å². The Morgan fingerprint density at radius 1 is 1.42 bits per heavy atom. The number of hydrogen-bond acceptors (Lipinski definition) is 4. The van der Waals surface area contributed by atoms with Crippen molar-refractivity contribution in [3.63, 3.8) is 0 Å². The Balaban J connectivity index is 1.88. The fourth-order valence-electron chi connectivity index (χ4n) is 4.39. The number of rotatable bonds is 6. The highest BCUT2D eigenvalue weighted by atomic mass is 15.1. The van der Waals surface area contributed by atoms with Crippen LogP contribution < -0.4 is 5.73 Å². The fraction of sp³-hybridized carbons (Fsp3) is 0.545. The molecular weight excluding hydrogens is 320 g/mol. The standard InChI is InChI=1S/C22H30N4/c1-4-5-20-19(9-8-17(11-23)22(20)25-3)18-10-15(2)12-26(13-18)14-21(24)16-6-7-16/h4-5,8-9,15-16,18,21H,3,6-7,10,12-14,24H2,1-2H3/b5-4-/t15-,18-,21-/m1/s1. The van der Waals surface area contributed by atoms with Gasteiger partial charge in [0.2, 0.25) is 0 Å². The lowest BCUT2D eigenvalue weighted by Crippen LogP contribution is -2.45. The maximum atomic E-state index is 9.40. The quantitative estimate of drug-likeness (QED) is 0.786. The first-order valence-corrected chi connectivity index (χ1v) is 9.71. The lowest BCUT2D eigenvalue weighted by atomic mass is 9.82. The van der Waals surface area contributed by atoms with Gasteiger partial charge in [-0.05, 0) is 62.3 Å². The van der Waals surface area contributed by atoms with Gasteiger partial charge in [-0.1, -0.05) is 25.1 Å². The fourth-order valence-corrected chi connectivity index (χ4v) is 4.39. The van der Waals surface area contributed by atoms with E-state index in [-0.39, 0.29) is 0 Å². The van der Waals surface area contributed by atoms with Crippen LogP contribution in [0.2, 0.25) is 0 Å². The van der Waals surface area contributed by atoms with Crippen molar-refractivity contribution in [2.24, 2.45) is 22.6 Å². The van der Waals surface area contributed by atoms with E-state index in [2.05, 4.69) is 41.7 Å². The van der Waals surface area contributed by atoms with E-state index in [9.17, 15) is 5.26 Å². The van der Waals surface area contributed by atoms with Crippen molar-refractivity contribution in [1.82, 2.24) is 4.90 Å². The number of allylic oxidation sites excluding steroid dienone is 1. The van der Waals surface area contributed by atoms with Gasteiger partial charge in [0.25, 0.3) is 0 Å². The largest absolute Gasteiger partial charge is 0.326 e. The molecule has 1 aromatic rings. The summed E-state index contributed by atoms with van der Waals surface area (Å²) < 4.78 is 0. The molecule has 1 saturated carbocycles. The summed E-state index contributed by atoms with van der Waals surface area (Å²) in [5.74, 6) is 1.80. The maximum Gasteiger partial charge on any atom is 0.101 e. The van der Waals surface area contributed by atoms with Crippen LogP contribution in [0, 0.1) is 23.2 Å². The zero-order valence-corrected chi connectivity index (χ0v) is 16.0. The van der Waals surface area contributed by atoms with Gasteiger partial charge in [0.1, 0.15) is 6.07 Å². The molecule has 0 bridgehead atoms. The molecule has 3 atom stereocenters. The highest BCUT2D eigenvalue weighted by Crippen LogP contribution is 2.38. The summed E-state index contributed by atoms with van der Waals surface area (Å²) in [5.41, 5.74) is 10.0. The number of nitrogens with zero attached hydrogens (tertiary/aromatic N) is 3. The Morgan fingerprint density at radius 3 is 2.81 bits per heavy atom. The molecule has 138 valence electrons. The number of piperidine rings is 1. The van der Waals surface area contributed by atoms with Gasteiger partial charge < -0.3 is 10.6 Å². The molecule has 1 aliphatic carbocycles. The second-order valence-electron chi connectivity index (χ2n) is 7.99. The molecule has 2 aliphatic rings. The van der Waals surface area contributed by atoms with Crippen LogP contribution in [0.15, 0.2) is 23.2 Å². The van der Waals surface area contributed by atoms with Crippen molar-refractivity contribution in [3.8, 4) is 6.07 Å². The van der Waals surface area contributed by atoms with Gasteiger partial charge >= 0.3 is 0 Å². The molecule has 0 unspecified atom stereocenters. The van der Waals surface area contributed by atoms with Crippen LogP contribution in [0.4, 0.5) is 5.69 Å². The summed E-state index contributed by atoms with van der Waals surface area (Å²) in [6.45, 7) is 11.2. The summed E-state index contributed by atoms with van der Waals surface area (Å²) in [6.07, 6.45) is 7.83. The molecule has 26 heavy (non-hydrogen) atoms. The maximum absolute atomic E-state index is 9.40. The Kier molecular flexibility index (Phi) is 5.90. The van der Waals surface area contributed by atoms with Gasteiger partial charge in [-0.15, -0.1) is 0 Å². The Labute approximate surface area is 157 Å². The minimum absolute atomic E-state index is 0.308. The Bertz CT molecular complexity index is 726. The zero-order chi connectivity index (χ0) is 18.7. The minimum atomic E-state index is 0.308. The van der Waals surface area contributed by atoms with Gasteiger partial charge in [-0.25, -0.2) is 0 Å². The lowest BCUT2D eigenvalue weighted by Gasteiger charge is -2.38. The van der Waals surface area contributed by atoms with Crippen LogP contribution >= 0.6 is 0 Å². The normalized spacial score (nSPS) is 25.2. The summed E-state index contributed by atoms with van der Waals surface area (Å²) >= 11 is 0. The third kappa shape index (κ3) is 4.06. The van der Waals surface area contributed by atoms with Crippen molar-refractivity contribution >= 4 is 18.5 Å². The first-order valence-electron chi connectivity index (χ1n) is 9.71. The molecule has 0 amide bonds. The molecule has 1 heterocycles. The number of nitriles is 1. The number of nitrogens with two attached hydrogens (primary N) is 1. The van der Waals surface area contributed by atoms with Crippen molar-refractivity contribution in [2.45, 2.75) is 45.1 Å². The zero-order valence-electron chi connectivity index (χ0n) is 16.0. The molecule has 0 aromatic heterocycles. The predicted molar refractivity (Wildman–Crippen MR) is 109 cm³/mol. The monoisotopic (exact) mass is 350 g/mol. The molecule has 4 heteroatoms. The van der Waals surface area contributed by atoms with Crippen LogP contribution in [0.3, 0.4) is 0 Å². The van der Waals surface area contributed by atoms with E-state index < -0.39 is 0 Å². The highest BCUT2D eigenvalue weighted by molar-refractivity contribution is 5.74. The third-order valence-corrected chi connectivity index (χ3v) is 5.73. The van der Waals surface area contributed by atoms with E-state index in [1.807, 2.05) is 19.1 Å². The van der Waals surface area contributed by atoms with Crippen molar-refractivity contribution in [1.29, 1.82) is 5.26 Å². The van der Waals surface area contributed by atoms with Gasteiger partial charge in [-0.3, -0.25) is 4.99 Å². The molecule has 1 aromatic carbocycles. The van der Waals surface area contributed by atoms with E-state index in [0.29, 0.717) is 29.1 Å². The molecule has 3 rings (SSSR count). The minimum Gasteiger partial charge on any atom is -0.326 e. The molecule has 1 aliphatic heterocycles. The van der Waals surface area contributed by atoms with Crippen molar-refractivity contribution < 1.29 is 0 Å². The topological polar surface area (TPSA) is 65.4 Å². The first kappa shape index (κ1) is 18.8. The van der Waals surface area contributed by atoms with Crippen molar-refractivity contribution in [2.75, 3.05) is 19.6 Å². The smallest absolute Gasteiger partial charge is 0.101 e. The number of aliphatic imine (C=N–C) groups is 1. The second-order valence-corrected chi connectivity index (χ2v) is 7.99. The SMILES string of the molecule is C=Nc1c(C#N)ccc([C@@H]2C[C@@H](C)CN(C[C@@H](N)C3CC3)C2)c1/C=C\C. The summed E-state index contributed by atoms with van der Waals surface area (Å²) in [6, 6.07) is 6.56. The van der Waals surface area contributed by atoms with Gasteiger partial charge in [-0.2, -0.15) is 5.26 Å². The van der Waals surface area contributed by atoms with Crippen LogP contribution in [0.25, 0.3) is 6.08 Å². The molecule has 0 spiro atoms. The second kappa shape index (κ2) is 8.16. The van der Waals surface area contributed by atoms with Crippen LogP contribution in [0.1, 0.15) is 55.7 Å². The average molecular weight is 351 g/mol. The van der Waals surface area contributed by atoms with E-state index in [4.69, 9.17) is 5.73 Å². The molecular formula is C22H30N4. The number of benzene rings is 1. The Morgan fingerprint density at radius 2 is 2.19 bits per heavy atom. The molecule has 2 N–H and O–H groups in total. The van der Waals surface area contributed by atoms with Crippen molar-refractivity contribution in [3.05, 3.63) is 34.9 Å². The molecule has 1 saturated heterocycles. The lowest BCUT2D eigenvalue weighted by molar-refractivity contribution is 0.152. The van der Waals surface area contributed by atoms with E-state index in [1.54, 1.807) is 0 Å². The average Bonchev–Trinajstić information content (AvgIpc) is 3.46. The highest BCUT2D eigenvalue weighted by Gasteiger charge is 2.33.